The summed E-state index contributed by atoms with van der Waals surface area (Å²) in [5.41, 5.74) is 0.452. The average Bonchev–Trinajstić information content (AvgIpc) is 2.51. The highest BCUT2D eigenvalue weighted by Crippen LogP contribution is 2.31. The number of benzene rings is 2. The van der Waals surface area contributed by atoms with Gasteiger partial charge in [0, 0.05) is 11.1 Å². The van der Waals surface area contributed by atoms with Crippen molar-refractivity contribution in [2.45, 2.75) is 13.1 Å². The molecule has 5 heteroatoms. The smallest absolute Gasteiger partial charge is 0.341 e. The summed E-state index contributed by atoms with van der Waals surface area (Å²) in [6.07, 6.45) is -4.45. The number of alkyl halides is 3. The third kappa shape index (κ3) is 4.36. The van der Waals surface area contributed by atoms with Crippen LogP contribution in [0.1, 0.15) is 27.0 Å². The van der Waals surface area contributed by atoms with Gasteiger partial charge in [0.2, 0.25) is 0 Å². The summed E-state index contributed by atoms with van der Waals surface area (Å²) in [7, 11) is 0. The second kappa shape index (κ2) is 7.01. The third-order valence-electron chi connectivity index (χ3n) is 3.18. The van der Waals surface area contributed by atoms with Gasteiger partial charge in [-0.1, -0.05) is 42.2 Å². The molecule has 2 nitrogen and oxygen atoms in total. The van der Waals surface area contributed by atoms with Crippen LogP contribution in [0.15, 0.2) is 48.5 Å². The summed E-state index contributed by atoms with van der Waals surface area (Å²) in [5, 5.41) is 2.57. The fourth-order valence-electron chi connectivity index (χ4n) is 2.03. The van der Waals surface area contributed by atoms with E-state index >= 15 is 0 Å². The molecule has 0 aliphatic rings. The minimum absolute atomic E-state index is 0.0284. The van der Waals surface area contributed by atoms with Crippen LogP contribution in [0, 0.1) is 18.8 Å². The Labute approximate surface area is 132 Å². The van der Waals surface area contributed by atoms with Gasteiger partial charge in [0.15, 0.2) is 0 Å². The number of amides is 1. The highest BCUT2D eigenvalue weighted by Gasteiger charge is 2.32. The van der Waals surface area contributed by atoms with E-state index in [9.17, 15) is 18.0 Å². The first-order valence-corrected chi connectivity index (χ1v) is 6.88. The van der Waals surface area contributed by atoms with E-state index in [2.05, 4.69) is 17.2 Å². The standard InChI is InChI=1S/C18H14F3NO/c1-13-7-2-4-10-15(13)17(23)22-12-6-9-14-8-3-5-11-16(14)18(19,20)21/h2-5,7-8,10-11H,12H2,1H3,(H,22,23). The van der Waals surface area contributed by atoms with E-state index in [1.165, 1.54) is 18.2 Å². The SMILES string of the molecule is Cc1ccccc1C(=O)NCC#Cc1ccccc1C(F)(F)F. The van der Waals surface area contributed by atoms with E-state index in [1.807, 2.05) is 6.07 Å². The summed E-state index contributed by atoms with van der Waals surface area (Å²) in [4.78, 5) is 11.9. The molecule has 2 aromatic rings. The molecule has 0 fully saturated rings. The van der Waals surface area contributed by atoms with Crippen molar-refractivity contribution >= 4 is 5.91 Å². The summed E-state index contributed by atoms with van der Waals surface area (Å²) in [6.45, 7) is 1.78. The topological polar surface area (TPSA) is 29.1 Å². The zero-order chi connectivity index (χ0) is 16.9. The fraction of sp³-hybridized carbons (Fsp3) is 0.167. The number of hydrogen-bond acceptors (Lipinski definition) is 1. The van der Waals surface area contributed by atoms with Crippen molar-refractivity contribution in [3.8, 4) is 11.8 Å². The lowest BCUT2D eigenvalue weighted by Gasteiger charge is -2.08. The van der Waals surface area contributed by atoms with Crippen LogP contribution in [-0.2, 0) is 6.18 Å². The Hall–Kier alpha value is -2.74. The molecular formula is C18H14F3NO. The minimum atomic E-state index is -4.45. The van der Waals surface area contributed by atoms with Crippen LogP contribution in [-0.4, -0.2) is 12.5 Å². The second-order valence-corrected chi connectivity index (χ2v) is 4.84. The van der Waals surface area contributed by atoms with Gasteiger partial charge < -0.3 is 5.32 Å². The molecule has 0 heterocycles. The Morgan fingerprint density at radius 1 is 1.09 bits per heavy atom. The van der Waals surface area contributed by atoms with Crippen molar-refractivity contribution in [2.24, 2.45) is 0 Å². The lowest BCUT2D eigenvalue weighted by molar-refractivity contribution is -0.137. The predicted molar refractivity (Wildman–Crippen MR) is 81.8 cm³/mol. The Morgan fingerprint density at radius 2 is 1.74 bits per heavy atom. The van der Waals surface area contributed by atoms with Gasteiger partial charge in [-0.25, -0.2) is 0 Å². The first-order chi connectivity index (χ1) is 10.9. The Morgan fingerprint density at radius 3 is 2.43 bits per heavy atom. The van der Waals surface area contributed by atoms with Crippen molar-refractivity contribution < 1.29 is 18.0 Å². The van der Waals surface area contributed by atoms with Gasteiger partial charge in [-0.15, -0.1) is 0 Å². The van der Waals surface area contributed by atoms with Gasteiger partial charge in [-0.2, -0.15) is 13.2 Å². The number of carbonyl (C=O) groups excluding carboxylic acids is 1. The van der Waals surface area contributed by atoms with Gasteiger partial charge >= 0.3 is 6.18 Å². The van der Waals surface area contributed by atoms with Crippen molar-refractivity contribution in [2.75, 3.05) is 6.54 Å². The van der Waals surface area contributed by atoms with Crippen molar-refractivity contribution in [3.05, 3.63) is 70.8 Å². The van der Waals surface area contributed by atoms with Crippen LogP contribution < -0.4 is 5.32 Å². The number of hydrogen-bond donors (Lipinski definition) is 1. The summed E-state index contributed by atoms with van der Waals surface area (Å²) in [5.74, 6) is 4.70. The van der Waals surface area contributed by atoms with Gasteiger partial charge in [-0.3, -0.25) is 4.79 Å². The fourth-order valence-corrected chi connectivity index (χ4v) is 2.03. The molecule has 118 valence electrons. The van der Waals surface area contributed by atoms with Crippen LogP contribution in [0.5, 0.6) is 0 Å². The molecule has 0 unspecified atom stereocenters. The zero-order valence-electron chi connectivity index (χ0n) is 12.4. The molecule has 1 N–H and O–H groups in total. The normalized spacial score (nSPS) is 10.6. The van der Waals surface area contributed by atoms with Crippen LogP contribution in [0.4, 0.5) is 13.2 Å². The molecule has 23 heavy (non-hydrogen) atoms. The maximum absolute atomic E-state index is 12.8. The highest BCUT2D eigenvalue weighted by molar-refractivity contribution is 5.95. The van der Waals surface area contributed by atoms with Gasteiger partial charge in [-0.05, 0) is 30.7 Å². The van der Waals surface area contributed by atoms with Gasteiger partial charge in [0.25, 0.3) is 5.91 Å². The largest absolute Gasteiger partial charge is 0.417 e. The molecule has 2 aromatic carbocycles. The van der Waals surface area contributed by atoms with E-state index in [1.54, 1.807) is 25.1 Å². The summed E-state index contributed by atoms with van der Waals surface area (Å²) >= 11 is 0. The number of halogens is 3. The molecule has 0 saturated heterocycles. The van der Waals surface area contributed by atoms with Gasteiger partial charge in [0.1, 0.15) is 0 Å². The monoisotopic (exact) mass is 317 g/mol. The molecule has 0 spiro atoms. The first-order valence-electron chi connectivity index (χ1n) is 6.88. The van der Waals surface area contributed by atoms with E-state index in [0.717, 1.165) is 11.6 Å². The Bertz CT molecular complexity index is 770. The molecule has 0 aromatic heterocycles. The molecule has 0 saturated carbocycles. The molecule has 2 rings (SSSR count). The predicted octanol–water partition coefficient (Wildman–Crippen LogP) is 3.80. The average molecular weight is 317 g/mol. The molecule has 0 aliphatic heterocycles. The minimum Gasteiger partial charge on any atom is -0.341 e. The third-order valence-corrected chi connectivity index (χ3v) is 3.18. The molecule has 1 amide bonds. The summed E-state index contributed by atoms with van der Waals surface area (Å²) in [6, 6.07) is 12.1. The zero-order valence-corrected chi connectivity index (χ0v) is 12.4. The number of carbonyl (C=O) groups is 1. The van der Waals surface area contributed by atoms with Crippen molar-refractivity contribution in [3.63, 3.8) is 0 Å². The van der Waals surface area contributed by atoms with Crippen LogP contribution in [0.25, 0.3) is 0 Å². The molecule has 0 atom stereocenters. The first kappa shape index (κ1) is 16.6. The number of nitrogens with one attached hydrogen (secondary N) is 1. The van der Waals surface area contributed by atoms with Crippen LogP contribution in [0.3, 0.4) is 0 Å². The lowest BCUT2D eigenvalue weighted by atomic mass is 10.1. The maximum Gasteiger partial charge on any atom is 0.417 e. The Balaban J connectivity index is 2.05. The molecular weight excluding hydrogens is 303 g/mol. The summed E-state index contributed by atoms with van der Waals surface area (Å²) < 4.78 is 38.4. The van der Waals surface area contributed by atoms with Crippen LogP contribution >= 0.6 is 0 Å². The maximum atomic E-state index is 12.8. The molecule has 0 aliphatic carbocycles. The number of rotatable bonds is 2. The lowest BCUT2D eigenvalue weighted by Crippen LogP contribution is -2.24. The van der Waals surface area contributed by atoms with E-state index in [4.69, 9.17) is 0 Å². The second-order valence-electron chi connectivity index (χ2n) is 4.84. The molecule has 0 radical (unpaired) electrons. The highest BCUT2D eigenvalue weighted by atomic mass is 19.4. The Kier molecular flexibility index (Phi) is 5.07. The van der Waals surface area contributed by atoms with Gasteiger partial charge in [0.05, 0.1) is 12.1 Å². The quantitative estimate of drug-likeness (QED) is 0.839. The van der Waals surface area contributed by atoms with E-state index in [-0.39, 0.29) is 18.0 Å². The van der Waals surface area contributed by atoms with Crippen LogP contribution in [0.2, 0.25) is 0 Å². The number of aryl methyl sites for hydroxylation is 1. The van der Waals surface area contributed by atoms with Crippen molar-refractivity contribution in [1.82, 2.24) is 5.32 Å². The molecule has 0 bridgehead atoms. The van der Waals surface area contributed by atoms with E-state index < -0.39 is 11.7 Å². The van der Waals surface area contributed by atoms with Crippen molar-refractivity contribution in [1.29, 1.82) is 0 Å². The van der Waals surface area contributed by atoms with E-state index in [0.29, 0.717) is 5.56 Å².